The van der Waals surface area contributed by atoms with Crippen LogP contribution in [0.1, 0.15) is 28.6 Å². The molecule has 8 heteroatoms. The van der Waals surface area contributed by atoms with Crippen LogP contribution in [0, 0.1) is 0 Å². The van der Waals surface area contributed by atoms with Gasteiger partial charge in [-0.15, -0.1) is 0 Å². The van der Waals surface area contributed by atoms with Gasteiger partial charge in [0.05, 0.1) is 17.1 Å². The molecular formula is C22H22N6OS. The van der Waals surface area contributed by atoms with E-state index in [2.05, 4.69) is 36.8 Å². The molecule has 3 N–H and O–H groups in total. The second-order valence-electron chi connectivity index (χ2n) is 6.72. The van der Waals surface area contributed by atoms with Gasteiger partial charge in [-0.1, -0.05) is 18.2 Å². The third kappa shape index (κ3) is 4.77. The Morgan fingerprint density at radius 3 is 2.73 bits per heavy atom. The number of hydrogen-bond donors (Lipinski definition) is 3. The Kier molecular flexibility index (Phi) is 6.24. The van der Waals surface area contributed by atoms with Crippen LogP contribution in [0.15, 0.2) is 67.0 Å². The van der Waals surface area contributed by atoms with Crippen molar-refractivity contribution in [1.29, 1.82) is 0 Å². The Morgan fingerprint density at radius 1 is 1.10 bits per heavy atom. The van der Waals surface area contributed by atoms with E-state index in [0.717, 1.165) is 34.7 Å². The van der Waals surface area contributed by atoms with E-state index >= 15 is 0 Å². The molecule has 2 heterocycles. The molecule has 30 heavy (non-hydrogen) atoms. The highest BCUT2D eigenvalue weighted by Gasteiger charge is 2.19. The first-order chi connectivity index (χ1) is 14.7. The number of aromatic amines is 1. The SMILES string of the molecule is CSCCC(NC(=O)c1cccc(Nc2ncccn2)c1)c1nc2ccccc2[nH]1. The molecule has 152 valence electrons. The minimum Gasteiger partial charge on any atom is -0.342 e. The van der Waals surface area contributed by atoms with Crippen LogP contribution in [0.4, 0.5) is 11.6 Å². The quantitative estimate of drug-likeness (QED) is 0.394. The third-order valence-corrected chi connectivity index (χ3v) is 5.24. The molecule has 0 aliphatic heterocycles. The second-order valence-corrected chi connectivity index (χ2v) is 7.71. The van der Waals surface area contributed by atoms with Crippen LogP contribution in [0.25, 0.3) is 11.0 Å². The molecule has 1 amide bonds. The number of H-pyrrole nitrogens is 1. The summed E-state index contributed by atoms with van der Waals surface area (Å²) in [4.78, 5) is 29.3. The Bertz CT molecular complexity index is 1100. The largest absolute Gasteiger partial charge is 0.342 e. The van der Waals surface area contributed by atoms with Crippen molar-refractivity contribution in [2.75, 3.05) is 17.3 Å². The third-order valence-electron chi connectivity index (χ3n) is 4.60. The molecule has 4 rings (SSSR count). The standard InChI is InChI=1S/C22H22N6OS/c1-30-13-10-19(20-26-17-8-2-3-9-18(17)27-20)28-21(29)15-6-4-7-16(14-15)25-22-23-11-5-12-24-22/h2-9,11-12,14,19H,10,13H2,1H3,(H,26,27)(H,28,29)(H,23,24,25). The van der Waals surface area contributed by atoms with Crippen LogP contribution in [-0.4, -0.2) is 37.9 Å². The summed E-state index contributed by atoms with van der Waals surface area (Å²) in [7, 11) is 0. The molecule has 1 unspecified atom stereocenters. The van der Waals surface area contributed by atoms with E-state index in [1.165, 1.54) is 0 Å². The zero-order chi connectivity index (χ0) is 20.8. The summed E-state index contributed by atoms with van der Waals surface area (Å²) < 4.78 is 0. The van der Waals surface area contributed by atoms with E-state index in [9.17, 15) is 4.79 Å². The molecule has 2 aromatic heterocycles. The summed E-state index contributed by atoms with van der Waals surface area (Å²) in [5, 5.41) is 6.24. The Morgan fingerprint density at radius 2 is 1.93 bits per heavy atom. The number of carbonyl (C=O) groups is 1. The van der Waals surface area contributed by atoms with E-state index in [4.69, 9.17) is 0 Å². The predicted octanol–water partition coefficient (Wildman–Crippen LogP) is 4.32. The van der Waals surface area contributed by atoms with Gasteiger partial charge in [0.1, 0.15) is 5.82 Å². The molecule has 0 aliphatic rings. The molecule has 2 aromatic carbocycles. The van der Waals surface area contributed by atoms with Gasteiger partial charge in [-0.05, 0) is 54.8 Å². The minimum atomic E-state index is -0.202. The molecular weight excluding hydrogens is 396 g/mol. The number of para-hydroxylation sites is 2. The number of amides is 1. The summed E-state index contributed by atoms with van der Waals surface area (Å²) >= 11 is 1.74. The van der Waals surface area contributed by atoms with Crippen molar-refractivity contribution in [2.45, 2.75) is 12.5 Å². The summed E-state index contributed by atoms with van der Waals surface area (Å²) in [5.74, 6) is 2.01. The normalized spacial score (nSPS) is 11.9. The van der Waals surface area contributed by atoms with Gasteiger partial charge in [0, 0.05) is 23.6 Å². The number of imidazole rings is 1. The van der Waals surface area contributed by atoms with E-state index in [1.807, 2.05) is 36.4 Å². The Labute approximate surface area is 178 Å². The number of aromatic nitrogens is 4. The zero-order valence-corrected chi connectivity index (χ0v) is 17.3. The Balaban J connectivity index is 1.52. The number of hydrogen-bond acceptors (Lipinski definition) is 6. The highest BCUT2D eigenvalue weighted by Crippen LogP contribution is 2.21. The number of carbonyl (C=O) groups excluding carboxylic acids is 1. The van der Waals surface area contributed by atoms with Crippen molar-refractivity contribution in [3.63, 3.8) is 0 Å². The van der Waals surface area contributed by atoms with Crippen LogP contribution >= 0.6 is 11.8 Å². The molecule has 0 saturated heterocycles. The maximum atomic E-state index is 13.0. The number of thioether (sulfide) groups is 1. The number of nitrogens with one attached hydrogen (secondary N) is 3. The lowest BCUT2D eigenvalue weighted by Gasteiger charge is -2.17. The zero-order valence-electron chi connectivity index (χ0n) is 16.5. The Hall–Kier alpha value is -3.39. The van der Waals surface area contributed by atoms with Gasteiger partial charge in [0.15, 0.2) is 0 Å². The number of fused-ring (bicyclic) bond motifs is 1. The van der Waals surface area contributed by atoms with Crippen LogP contribution < -0.4 is 10.6 Å². The number of nitrogens with zero attached hydrogens (tertiary/aromatic N) is 3. The van der Waals surface area contributed by atoms with Gasteiger partial charge >= 0.3 is 0 Å². The smallest absolute Gasteiger partial charge is 0.251 e. The highest BCUT2D eigenvalue weighted by molar-refractivity contribution is 7.98. The molecule has 0 spiro atoms. The lowest BCUT2D eigenvalue weighted by atomic mass is 10.1. The lowest BCUT2D eigenvalue weighted by molar-refractivity contribution is 0.0934. The average molecular weight is 419 g/mol. The monoisotopic (exact) mass is 418 g/mol. The molecule has 0 saturated carbocycles. The summed E-state index contributed by atoms with van der Waals surface area (Å²) in [5.41, 5.74) is 3.16. The van der Waals surface area contributed by atoms with Gasteiger partial charge < -0.3 is 15.6 Å². The molecule has 0 radical (unpaired) electrons. The first-order valence-corrected chi connectivity index (χ1v) is 11.0. The average Bonchev–Trinajstić information content (AvgIpc) is 3.21. The fourth-order valence-corrected chi connectivity index (χ4v) is 3.59. The summed E-state index contributed by atoms with van der Waals surface area (Å²) in [6.45, 7) is 0. The molecule has 0 aliphatic carbocycles. The molecule has 1 atom stereocenters. The minimum absolute atomic E-state index is 0.154. The number of anilines is 2. The first-order valence-electron chi connectivity index (χ1n) is 9.61. The van der Waals surface area contributed by atoms with E-state index in [1.54, 1.807) is 42.4 Å². The maximum absolute atomic E-state index is 13.0. The van der Waals surface area contributed by atoms with Crippen LogP contribution in [0.3, 0.4) is 0 Å². The highest BCUT2D eigenvalue weighted by atomic mass is 32.2. The van der Waals surface area contributed by atoms with Crippen LogP contribution in [0.2, 0.25) is 0 Å². The van der Waals surface area contributed by atoms with Crippen molar-refractivity contribution in [3.8, 4) is 0 Å². The fourth-order valence-electron chi connectivity index (χ4n) is 3.12. The summed E-state index contributed by atoms with van der Waals surface area (Å²) in [6.07, 6.45) is 6.16. The lowest BCUT2D eigenvalue weighted by Crippen LogP contribution is -2.29. The maximum Gasteiger partial charge on any atom is 0.251 e. The van der Waals surface area contributed by atoms with Crippen molar-refractivity contribution in [2.24, 2.45) is 0 Å². The van der Waals surface area contributed by atoms with Gasteiger partial charge in [-0.2, -0.15) is 11.8 Å². The van der Waals surface area contributed by atoms with Gasteiger partial charge in [0.25, 0.3) is 5.91 Å². The van der Waals surface area contributed by atoms with Gasteiger partial charge in [0.2, 0.25) is 5.95 Å². The van der Waals surface area contributed by atoms with Gasteiger partial charge in [-0.3, -0.25) is 4.79 Å². The van der Waals surface area contributed by atoms with Crippen molar-refractivity contribution < 1.29 is 4.79 Å². The fraction of sp³-hybridized carbons (Fsp3) is 0.182. The predicted molar refractivity (Wildman–Crippen MR) is 121 cm³/mol. The number of rotatable bonds is 8. The van der Waals surface area contributed by atoms with E-state index in [0.29, 0.717) is 11.5 Å². The van der Waals surface area contributed by atoms with Gasteiger partial charge in [-0.25, -0.2) is 15.0 Å². The van der Waals surface area contributed by atoms with Crippen LogP contribution in [0.5, 0.6) is 0 Å². The molecule has 7 nitrogen and oxygen atoms in total. The number of benzene rings is 2. The molecule has 0 bridgehead atoms. The van der Waals surface area contributed by atoms with Crippen molar-refractivity contribution >= 4 is 40.3 Å². The molecule has 0 fully saturated rings. The second kappa shape index (κ2) is 9.41. The summed E-state index contributed by atoms with van der Waals surface area (Å²) in [6, 6.07) is 16.7. The topological polar surface area (TPSA) is 95.6 Å². The van der Waals surface area contributed by atoms with Crippen LogP contribution in [-0.2, 0) is 0 Å². The van der Waals surface area contributed by atoms with E-state index in [-0.39, 0.29) is 11.9 Å². The van der Waals surface area contributed by atoms with Crippen molar-refractivity contribution in [1.82, 2.24) is 25.3 Å². The molecule has 4 aromatic rings. The van der Waals surface area contributed by atoms with Crippen molar-refractivity contribution in [3.05, 3.63) is 78.4 Å². The first kappa shape index (κ1) is 19.9. The van der Waals surface area contributed by atoms with E-state index < -0.39 is 0 Å².